The first-order chi connectivity index (χ1) is 8.60. The van der Waals surface area contributed by atoms with Gasteiger partial charge in [-0.25, -0.2) is 9.97 Å². The van der Waals surface area contributed by atoms with Crippen LogP contribution in [0.4, 0.5) is 5.82 Å². The van der Waals surface area contributed by atoms with Crippen LogP contribution < -0.4 is 5.32 Å². The van der Waals surface area contributed by atoms with Gasteiger partial charge in [0.25, 0.3) is 0 Å². The van der Waals surface area contributed by atoms with Gasteiger partial charge in [-0.2, -0.15) is 0 Å². The molecule has 5 nitrogen and oxygen atoms in total. The van der Waals surface area contributed by atoms with Gasteiger partial charge in [0, 0.05) is 24.6 Å². The van der Waals surface area contributed by atoms with Crippen molar-refractivity contribution < 1.29 is 4.52 Å². The first-order valence-corrected chi connectivity index (χ1v) is 6.17. The highest BCUT2D eigenvalue weighted by atomic mass is 35.5. The molecule has 2 aromatic heterocycles. The lowest BCUT2D eigenvalue weighted by molar-refractivity contribution is 0.392. The van der Waals surface area contributed by atoms with Crippen molar-refractivity contribution in [2.24, 2.45) is 0 Å². The van der Waals surface area contributed by atoms with Crippen LogP contribution in [0.15, 0.2) is 10.6 Å². The molecule has 0 unspecified atom stereocenters. The predicted octanol–water partition coefficient (Wildman–Crippen LogP) is 2.91. The van der Waals surface area contributed by atoms with Crippen LogP contribution in [0.5, 0.6) is 0 Å². The molecule has 0 saturated heterocycles. The first kappa shape index (κ1) is 12.8. The number of aromatic nitrogens is 3. The molecule has 2 rings (SSSR count). The zero-order valence-corrected chi connectivity index (χ0v) is 11.4. The Morgan fingerprint density at radius 1 is 1.33 bits per heavy atom. The summed E-state index contributed by atoms with van der Waals surface area (Å²) in [4.78, 5) is 8.47. The van der Waals surface area contributed by atoms with E-state index in [0.717, 1.165) is 29.3 Å². The third kappa shape index (κ3) is 2.79. The van der Waals surface area contributed by atoms with Gasteiger partial charge < -0.3 is 9.84 Å². The van der Waals surface area contributed by atoms with E-state index in [0.29, 0.717) is 17.5 Å². The summed E-state index contributed by atoms with van der Waals surface area (Å²) < 4.78 is 5.10. The quantitative estimate of drug-likeness (QED) is 0.862. The van der Waals surface area contributed by atoms with Crippen molar-refractivity contribution in [2.45, 2.75) is 33.7 Å². The fourth-order valence-corrected chi connectivity index (χ4v) is 1.85. The van der Waals surface area contributed by atoms with E-state index in [1.165, 1.54) is 0 Å². The largest absolute Gasteiger partial charge is 0.366 e. The molecule has 0 amide bonds. The molecule has 0 aliphatic carbocycles. The minimum atomic E-state index is 0.447. The maximum absolute atomic E-state index is 5.93. The Morgan fingerprint density at radius 3 is 2.72 bits per heavy atom. The lowest BCUT2D eigenvalue weighted by Crippen LogP contribution is -2.05. The molecule has 0 saturated carbocycles. The third-order valence-electron chi connectivity index (χ3n) is 2.68. The molecular formula is C12H15ClN4O. The number of halogens is 1. The lowest BCUT2D eigenvalue weighted by Gasteiger charge is -2.06. The molecule has 0 spiro atoms. The van der Waals surface area contributed by atoms with Crippen molar-refractivity contribution in [3.8, 4) is 0 Å². The molecule has 0 atom stereocenters. The number of hydrogen-bond acceptors (Lipinski definition) is 5. The number of rotatable bonds is 4. The Morgan fingerprint density at radius 2 is 2.11 bits per heavy atom. The molecule has 2 aromatic rings. The van der Waals surface area contributed by atoms with Gasteiger partial charge in [-0.15, -0.1) is 0 Å². The summed E-state index contributed by atoms with van der Waals surface area (Å²) in [6.07, 6.45) is 0.751. The molecule has 0 aliphatic rings. The maximum atomic E-state index is 5.93. The summed E-state index contributed by atoms with van der Waals surface area (Å²) in [5.74, 6) is 2.26. The maximum Gasteiger partial charge on any atom is 0.138 e. The smallest absolute Gasteiger partial charge is 0.138 e. The second-order valence-electron chi connectivity index (χ2n) is 4.00. The molecule has 6 heteroatoms. The van der Waals surface area contributed by atoms with Crippen molar-refractivity contribution >= 4 is 17.4 Å². The first-order valence-electron chi connectivity index (χ1n) is 5.79. The summed E-state index contributed by atoms with van der Waals surface area (Å²) in [7, 11) is 0. The van der Waals surface area contributed by atoms with Crippen molar-refractivity contribution in [3.05, 3.63) is 34.1 Å². The van der Waals surface area contributed by atoms with Gasteiger partial charge in [-0.05, 0) is 13.8 Å². The van der Waals surface area contributed by atoms with E-state index >= 15 is 0 Å². The second kappa shape index (κ2) is 5.35. The van der Waals surface area contributed by atoms with Crippen LogP contribution in [-0.2, 0) is 13.0 Å². The van der Waals surface area contributed by atoms with Crippen molar-refractivity contribution in [3.63, 3.8) is 0 Å². The van der Waals surface area contributed by atoms with E-state index in [1.807, 2.05) is 20.8 Å². The standard InChI is InChI=1S/C12H15ClN4O/c1-4-11-15-10(13)5-12(16-11)14-6-9-7(2)17-18-8(9)3/h5H,4,6H2,1-3H3,(H,14,15,16). The molecule has 96 valence electrons. The van der Waals surface area contributed by atoms with Crippen molar-refractivity contribution in [2.75, 3.05) is 5.32 Å². The predicted molar refractivity (Wildman–Crippen MR) is 69.7 cm³/mol. The number of nitrogens with zero attached hydrogens (tertiary/aromatic N) is 3. The molecule has 0 fully saturated rings. The Bertz CT molecular complexity index is 534. The normalized spacial score (nSPS) is 10.7. The number of aryl methyl sites for hydroxylation is 3. The number of nitrogens with one attached hydrogen (secondary N) is 1. The van der Waals surface area contributed by atoms with E-state index in [2.05, 4.69) is 20.4 Å². The molecule has 1 N–H and O–H groups in total. The Labute approximate surface area is 111 Å². The highest BCUT2D eigenvalue weighted by Crippen LogP contribution is 2.16. The van der Waals surface area contributed by atoms with Crippen molar-refractivity contribution in [1.82, 2.24) is 15.1 Å². The third-order valence-corrected chi connectivity index (χ3v) is 2.88. The molecule has 0 aromatic carbocycles. The average molecular weight is 267 g/mol. The minimum absolute atomic E-state index is 0.447. The van der Waals surface area contributed by atoms with E-state index in [-0.39, 0.29) is 0 Å². The minimum Gasteiger partial charge on any atom is -0.366 e. The molecule has 18 heavy (non-hydrogen) atoms. The van der Waals surface area contributed by atoms with Gasteiger partial charge in [-0.3, -0.25) is 0 Å². The zero-order valence-electron chi connectivity index (χ0n) is 10.6. The second-order valence-corrected chi connectivity index (χ2v) is 4.39. The van der Waals surface area contributed by atoms with E-state index in [9.17, 15) is 0 Å². The van der Waals surface area contributed by atoms with Crippen LogP contribution in [-0.4, -0.2) is 15.1 Å². The lowest BCUT2D eigenvalue weighted by atomic mass is 10.2. The Hall–Kier alpha value is -1.62. The summed E-state index contributed by atoms with van der Waals surface area (Å²) in [5, 5.41) is 7.56. The molecule has 0 aliphatic heterocycles. The van der Waals surface area contributed by atoms with Crippen LogP contribution >= 0.6 is 11.6 Å². The van der Waals surface area contributed by atoms with Crippen LogP contribution in [0.25, 0.3) is 0 Å². The highest BCUT2D eigenvalue weighted by Gasteiger charge is 2.09. The van der Waals surface area contributed by atoms with Gasteiger partial charge in [-0.1, -0.05) is 23.7 Å². The summed E-state index contributed by atoms with van der Waals surface area (Å²) >= 11 is 5.93. The fourth-order valence-electron chi connectivity index (χ4n) is 1.65. The monoisotopic (exact) mass is 266 g/mol. The van der Waals surface area contributed by atoms with Crippen LogP contribution in [0.2, 0.25) is 5.15 Å². The zero-order chi connectivity index (χ0) is 13.1. The van der Waals surface area contributed by atoms with E-state index in [4.69, 9.17) is 16.1 Å². The van der Waals surface area contributed by atoms with Crippen LogP contribution in [0.1, 0.15) is 29.8 Å². The molecular weight excluding hydrogens is 252 g/mol. The van der Waals surface area contributed by atoms with Gasteiger partial charge in [0.15, 0.2) is 0 Å². The molecule has 0 radical (unpaired) electrons. The van der Waals surface area contributed by atoms with Gasteiger partial charge in [0.1, 0.15) is 22.6 Å². The highest BCUT2D eigenvalue weighted by molar-refractivity contribution is 6.29. The van der Waals surface area contributed by atoms with Gasteiger partial charge >= 0.3 is 0 Å². The number of anilines is 1. The van der Waals surface area contributed by atoms with Crippen molar-refractivity contribution in [1.29, 1.82) is 0 Å². The van der Waals surface area contributed by atoms with Crippen LogP contribution in [0, 0.1) is 13.8 Å². The topological polar surface area (TPSA) is 63.8 Å². The molecule has 2 heterocycles. The Balaban J connectivity index is 2.13. The van der Waals surface area contributed by atoms with Crippen LogP contribution in [0.3, 0.4) is 0 Å². The van der Waals surface area contributed by atoms with E-state index < -0.39 is 0 Å². The summed E-state index contributed by atoms with van der Waals surface area (Å²) in [6.45, 7) is 6.40. The van der Waals surface area contributed by atoms with Gasteiger partial charge in [0.2, 0.25) is 0 Å². The Kier molecular flexibility index (Phi) is 3.81. The summed E-state index contributed by atoms with van der Waals surface area (Å²) in [5.41, 5.74) is 1.93. The number of hydrogen-bond donors (Lipinski definition) is 1. The SMILES string of the molecule is CCc1nc(Cl)cc(NCc2c(C)noc2C)n1. The van der Waals surface area contributed by atoms with E-state index in [1.54, 1.807) is 6.07 Å². The molecule has 0 bridgehead atoms. The summed E-state index contributed by atoms with van der Waals surface area (Å²) in [6, 6.07) is 1.71. The average Bonchev–Trinajstić information content (AvgIpc) is 2.66. The fraction of sp³-hybridized carbons (Fsp3) is 0.417. The van der Waals surface area contributed by atoms with Gasteiger partial charge in [0.05, 0.1) is 5.69 Å².